The quantitative estimate of drug-likeness (QED) is 0.548. The second-order valence-corrected chi connectivity index (χ2v) is 5.45. The highest BCUT2D eigenvalue weighted by Gasteiger charge is 2.38. The highest BCUT2D eigenvalue weighted by Crippen LogP contribution is 2.27. The smallest absolute Gasteiger partial charge is 0.286 e. The molecule has 1 atom stereocenters. The summed E-state index contributed by atoms with van der Waals surface area (Å²) in [7, 11) is -4.32. The van der Waals surface area contributed by atoms with Gasteiger partial charge in [0.05, 0.1) is 0 Å². The fourth-order valence-electron chi connectivity index (χ4n) is 1.05. The fourth-order valence-corrected chi connectivity index (χ4v) is 2.28. The first-order valence-electron chi connectivity index (χ1n) is 4.54. The number of nitrogens with one attached hydrogen (secondary N) is 1. The van der Waals surface area contributed by atoms with Crippen molar-refractivity contribution in [3.8, 4) is 0 Å². The van der Waals surface area contributed by atoms with E-state index in [9.17, 15) is 13.2 Å². The van der Waals surface area contributed by atoms with E-state index in [1.165, 1.54) is 0 Å². The molecule has 0 spiro atoms. The molecule has 1 amide bonds. The van der Waals surface area contributed by atoms with E-state index in [2.05, 4.69) is 11.9 Å². The average molecular weight is 235 g/mol. The zero-order valence-corrected chi connectivity index (χ0v) is 9.97. The molecule has 6 heteroatoms. The molecule has 0 rings (SSSR count). The molecule has 5 nitrogen and oxygen atoms in total. The van der Waals surface area contributed by atoms with Crippen LogP contribution < -0.4 is 5.32 Å². The van der Waals surface area contributed by atoms with Gasteiger partial charge in [-0.1, -0.05) is 27.4 Å². The Hall–Kier alpha value is -0.880. The van der Waals surface area contributed by atoms with E-state index in [4.69, 9.17) is 4.55 Å². The number of rotatable bonds is 5. The van der Waals surface area contributed by atoms with Gasteiger partial charge in [-0.2, -0.15) is 8.42 Å². The molecule has 0 saturated carbocycles. The minimum Gasteiger partial charge on any atom is -0.334 e. The Morgan fingerprint density at radius 1 is 1.60 bits per heavy atom. The van der Waals surface area contributed by atoms with E-state index in [1.54, 1.807) is 20.8 Å². The largest absolute Gasteiger partial charge is 0.334 e. The first-order valence-corrected chi connectivity index (χ1v) is 6.04. The minimum atomic E-state index is -4.32. The van der Waals surface area contributed by atoms with Crippen molar-refractivity contribution in [2.24, 2.45) is 5.41 Å². The Labute approximate surface area is 90.3 Å². The molecule has 0 fully saturated rings. The minimum absolute atomic E-state index is 0.495. The number of carbonyl (C=O) groups excluding carboxylic acids is 1. The highest BCUT2D eigenvalue weighted by molar-refractivity contribution is 7.86. The van der Waals surface area contributed by atoms with Gasteiger partial charge in [0.25, 0.3) is 10.1 Å². The second kappa shape index (κ2) is 4.76. The predicted molar refractivity (Wildman–Crippen MR) is 57.7 cm³/mol. The molecule has 1 unspecified atom stereocenters. The van der Waals surface area contributed by atoms with Gasteiger partial charge in [-0.3, -0.25) is 9.35 Å². The normalized spacial score (nSPS) is 14.4. The van der Waals surface area contributed by atoms with Crippen LogP contribution in [-0.4, -0.2) is 24.3 Å². The molecule has 2 N–H and O–H groups in total. The van der Waals surface area contributed by atoms with Gasteiger partial charge in [-0.25, -0.2) is 0 Å². The van der Waals surface area contributed by atoms with Crippen LogP contribution in [-0.2, 0) is 14.9 Å². The monoisotopic (exact) mass is 235 g/mol. The van der Waals surface area contributed by atoms with Gasteiger partial charge < -0.3 is 5.32 Å². The molecule has 0 aromatic carbocycles. The number of carbonyl (C=O) groups is 1. The Bertz CT molecular complexity index is 345. The summed E-state index contributed by atoms with van der Waals surface area (Å²) in [6, 6.07) is 0. The molecule has 0 heterocycles. The van der Waals surface area contributed by atoms with Crippen molar-refractivity contribution in [1.29, 1.82) is 0 Å². The molecule has 0 bridgehead atoms. The number of hydrogen-bond acceptors (Lipinski definition) is 3. The average Bonchev–Trinajstić information content (AvgIpc) is 2.11. The predicted octanol–water partition coefficient (Wildman–Crippen LogP) is 0.939. The van der Waals surface area contributed by atoms with Crippen LogP contribution in [0.5, 0.6) is 0 Å². The van der Waals surface area contributed by atoms with Crippen LogP contribution in [0.25, 0.3) is 0 Å². The third-order valence-electron chi connectivity index (χ3n) is 2.38. The topological polar surface area (TPSA) is 83.5 Å². The summed E-state index contributed by atoms with van der Waals surface area (Å²) in [5.74, 6) is -0.626. The van der Waals surface area contributed by atoms with Crippen molar-refractivity contribution in [3.63, 3.8) is 0 Å². The Balaban J connectivity index is 5.09. The summed E-state index contributed by atoms with van der Waals surface area (Å²) in [4.78, 5) is 11.0. The standard InChI is InChI=1S/C9H17NO4S/c1-5-7(11)10-8(15(12,13)14)9(3,4)6-2/h5,8H,1,6H2,2-4H3,(H,10,11)(H,12,13,14). The first kappa shape index (κ1) is 14.1. The summed E-state index contributed by atoms with van der Waals surface area (Å²) < 4.78 is 31.2. The Kier molecular flexibility index (Phi) is 4.48. The molecule has 0 aromatic heterocycles. The lowest BCUT2D eigenvalue weighted by Crippen LogP contribution is -2.49. The zero-order valence-electron chi connectivity index (χ0n) is 9.15. The van der Waals surface area contributed by atoms with E-state index >= 15 is 0 Å². The summed E-state index contributed by atoms with van der Waals surface area (Å²) >= 11 is 0. The van der Waals surface area contributed by atoms with Crippen LogP contribution in [0, 0.1) is 5.41 Å². The molecule has 0 aromatic rings. The third kappa shape index (κ3) is 4.01. The molecule has 15 heavy (non-hydrogen) atoms. The van der Waals surface area contributed by atoms with Gasteiger partial charge in [-0.15, -0.1) is 0 Å². The summed E-state index contributed by atoms with van der Waals surface area (Å²) in [6.45, 7) is 8.29. The summed E-state index contributed by atoms with van der Waals surface area (Å²) in [6.07, 6.45) is 1.46. The SMILES string of the molecule is C=CC(=O)NC(C(C)(C)CC)S(=O)(=O)O. The van der Waals surface area contributed by atoms with Crippen LogP contribution in [0.2, 0.25) is 0 Å². The van der Waals surface area contributed by atoms with Crippen molar-refractivity contribution in [1.82, 2.24) is 5.32 Å². The van der Waals surface area contributed by atoms with Gasteiger partial charge in [0.2, 0.25) is 5.91 Å². The maximum Gasteiger partial charge on any atom is 0.286 e. The fraction of sp³-hybridized carbons (Fsp3) is 0.667. The van der Waals surface area contributed by atoms with Crippen LogP contribution in [0.1, 0.15) is 27.2 Å². The van der Waals surface area contributed by atoms with E-state index in [-0.39, 0.29) is 0 Å². The Morgan fingerprint density at radius 2 is 2.07 bits per heavy atom. The van der Waals surface area contributed by atoms with Crippen LogP contribution in [0.3, 0.4) is 0 Å². The lowest BCUT2D eigenvalue weighted by molar-refractivity contribution is -0.117. The molecule has 0 aliphatic carbocycles. The summed E-state index contributed by atoms with van der Waals surface area (Å²) in [5, 5.41) is 0.884. The van der Waals surface area contributed by atoms with E-state index in [1.807, 2.05) is 0 Å². The van der Waals surface area contributed by atoms with Crippen molar-refractivity contribution >= 4 is 16.0 Å². The molecule has 88 valence electrons. The van der Waals surface area contributed by atoms with E-state index in [0.717, 1.165) is 6.08 Å². The number of amides is 1. The van der Waals surface area contributed by atoms with E-state index < -0.39 is 26.8 Å². The van der Waals surface area contributed by atoms with E-state index in [0.29, 0.717) is 6.42 Å². The zero-order chi connectivity index (χ0) is 12.3. The van der Waals surface area contributed by atoms with Crippen molar-refractivity contribution in [2.75, 3.05) is 0 Å². The van der Waals surface area contributed by atoms with Gasteiger partial charge in [-0.05, 0) is 12.5 Å². The molecule has 0 aliphatic rings. The molecular formula is C9H17NO4S. The van der Waals surface area contributed by atoms with Crippen LogP contribution >= 0.6 is 0 Å². The van der Waals surface area contributed by atoms with Crippen molar-refractivity contribution < 1.29 is 17.8 Å². The summed E-state index contributed by atoms with van der Waals surface area (Å²) in [5.41, 5.74) is -0.744. The maximum absolute atomic E-state index is 11.1. The number of hydrogen-bond donors (Lipinski definition) is 2. The van der Waals surface area contributed by atoms with Gasteiger partial charge in [0, 0.05) is 5.41 Å². The molecule has 0 saturated heterocycles. The lowest BCUT2D eigenvalue weighted by atomic mass is 9.90. The molecular weight excluding hydrogens is 218 g/mol. The second-order valence-electron chi connectivity index (χ2n) is 3.95. The maximum atomic E-state index is 11.1. The van der Waals surface area contributed by atoms with Crippen molar-refractivity contribution in [2.45, 2.75) is 32.6 Å². The Morgan fingerprint density at radius 3 is 2.33 bits per heavy atom. The first-order chi connectivity index (χ1) is 6.65. The van der Waals surface area contributed by atoms with Crippen LogP contribution in [0.15, 0.2) is 12.7 Å². The highest BCUT2D eigenvalue weighted by atomic mass is 32.2. The molecule has 0 aliphatic heterocycles. The van der Waals surface area contributed by atoms with Gasteiger partial charge in [0.15, 0.2) is 5.37 Å². The van der Waals surface area contributed by atoms with Gasteiger partial charge >= 0.3 is 0 Å². The molecule has 0 radical (unpaired) electrons. The van der Waals surface area contributed by atoms with Crippen LogP contribution in [0.4, 0.5) is 0 Å². The third-order valence-corrected chi connectivity index (χ3v) is 3.73. The lowest BCUT2D eigenvalue weighted by Gasteiger charge is -2.31. The van der Waals surface area contributed by atoms with Gasteiger partial charge in [0.1, 0.15) is 0 Å². The van der Waals surface area contributed by atoms with Crippen molar-refractivity contribution in [3.05, 3.63) is 12.7 Å².